The summed E-state index contributed by atoms with van der Waals surface area (Å²) in [6.07, 6.45) is -1.83. The van der Waals surface area contributed by atoms with Crippen LogP contribution >= 0.6 is 0 Å². The molecule has 1 aromatic heterocycles. The lowest BCUT2D eigenvalue weighted by Gasteiger charge is -2.37. The molecule has 180 valence electrons. The van der Waals surface area contributed by atoms with E-state index in [1.54, 1.807) is 31.3 Å². The van der Waals surface area contributed by atoms with Crippen LogP contribution in [0.25, 0.3) is 10.9 Å². The largest absolute Gasteiger partial charge is 0.494 e. The number of aromatic nitrogens is 1. The molecule has 2 aromatic carbocycles. The van der Waals surface area contributed by atoms with E-state index >= 15 is 0 Å². The first-order valence-corrected chi connectivity index (χ1v) is 11.0. The van der Waals surface area contributed by atoms with E-state index in [2.05, 4.69) is 10.3 Å². The minimum Gasteiger partial charge on any atom is -0.494 e. The second-order valence-corrected chi connectivity index (χ2v) is 8.48. The summed E-state index contributed by atoms with van der Waals surface area (Å²) in [4.78, 5) is 18.2. The van der Waals surface area contributed by atoms with Crippen molar-refractivity contribution in [3.63, 3.8) is 0 Å². The van der Waals surface area contributed by atoms with Crippen LogP contribution in [0.3, 0.4) is 0 Å². The molecule has 0 aliphatic heterocycles. The summed E-state index contributed by atoms with van der Waals surface area (Å²) in [5.41, 5.74) is 0.0761. The van der Waals surface area contributed by atoms with Crippen LogP contribution in [0.2, 0.25) is 0 Å². The van der Waals surface area contributed by atoms with Crippen LogP contribution in [0, 0.1) is 5.82 Å². The molecule has 34 heavy (non-hydrogen) atoms. The van der Waals surface area contributed by atoms with Gasteiger partial charge in [0, 0.05) is 35.8 Å². The quantitative estimate of drug-likeness (QED) is 0.490. The zero-order valence-electron chi connectivity index (χ0n) is 18.8. The van der Waals surface area contributed by atoms with Gasteiger partial charge in [0.1, 0.15) is 5.69 Å². The van der Waals surface area contributed by atoms with Crippen LogP contribution < -0.4 is 15.0 Å². The first kappa shape index (κ1) is 23.8. The highest BCUT2D eigenvalue weighted by molar-refractivity contribution is 5.94. The SMILES string of the molecule is COc1ccc(C(=O)NC2CCC(N(C)c3cc(C(F)(F)F)nc4ccccc34)CC2)cc1F. The van der Waals surface area contributed by atoms with Gasteiger partial charge >= 0.3 is 6.18 Å². The van der Waals surface area contributed by atoms with Gasteiger partial charge < -0.3 is 15.0 Å². The molecule has 0 atom stereocenters. The highest BCUT2D eigenvalue weighted by Crippen LogP contribution is 2.36. The molecule has 0 unspecified atom stereocenters. The van der Waals surface area contributed by atoms with Gasteiger partial charge in [-0.3, -0.25) is 4.79 Å². The third-order valence-corrected chi connectivity index (χ3v) is 6.36. The lowest BCUT2D eigenvalue weighted by molar-refractivity contribution is -0.140. The highest BCUT2D eigenvalue weighted by Gasteiger charge is 2.34. The molecular weight excluding hydrogens is 450 g/mol. The van der Waals surface area contributed by atoms with Crippen molar-refractivity contribution in [2.45, 2.75) is 43.9 Å². The third kappa shape index (κ3) is 4.93. The summed E-state index contributed by atoms with van der Waals surface area (Å²) in [6.45, 7) is 0. The molecule has 1 saturated carbocycles. The first-order valence-electron chi connectivity index (χ1n) is 11.0. The maximum Gasteiger partial charge on any atom is 0.433 e. The summed E-state index contributed by atoms with van der Waals surface area (Å²) >= 11 is 0. The number of hydrogen-bond acceptors (Lipinski definition) is 4. The average Bonchev–Trinajstić information content (AvgIpc) is 2.82. The molecule has 1 amide bonds. The van der Waals surface area contributed by atoms with Crippen LogP contribution in [0.5, 0.6) is 5.75 Å². The van der Waals surface area contributed by atoms with Gasteiger partial charge in [-0.25, -0.2) is 9.37 Å². The summed E-state index contributed by atoms with van der Waals surface area (Å²) in [7, 11) is 3.15. The number of benzene rings is 2. The number of methoxy groups -OCH3 is 1. The molecule has 0 spiro atoms. The molecule has 1 N–H and O–H groups in total. The van der Waals surface area contributed by atoms with Gasteiger partial charge in [-0.1, -0.05) is 18.2 Å². The van der Waals surface area contributed by atoms with Gasteiger partial charge in [-0.2, -0.15) is 13.2 Å². The topological polar surface area (TPSA) is 54.5 Å². The Morgan fingerprint density at radius 2 is 1.79 bits per heavy atom. The van der Waals surface area contributed by atoms with Crippen LogP contribution in [0.4, 0.5) is 23.2 Å². The van der Waals surface area contributed by atoms with Gasteiger partial charge in [-0.05, 0) is 56.0 Å². The van der Waals surface area contributed by atoms with Gasteiger partial charge in [0.05, 0.1) is 12.6 Å². The molecule has 4 rings (SSSR count). The second-order valence-electron chi connectivity index (χ2n) is 8.48. The number of para-hydroxylation sites is 1. The molecule has 0 saturated heterocycles. The maximum absolute atomic E-state index is 13.9. The predicted molar refractivity (Wildman–Crippen MR) is 122 cm³/mol. The standard InChI is InChI=1S/C25H25F4N3O2/c1-32(21-14-23(25(27,28)29)31-20-6-4-3-5-18(20)21)17-10-8-16(9-11-17)30-24(33)15-7-12-22(34-2)19(26)13-15/h3-7,12-14,16-17H,8-11H2,1-2H3,(H,30,33). The maximum atomic E-state index is 13.9. The number of rotatable bonds is 5. The van der Waals surface area contributed by atoms with Crippen molar-refractivity contribution < 1.29 is 27.1 Å². The Labute approximate surface area is 194 Å². The number of halogens is 4. The van der Waals surface area contributed by atoms with E-state index < -0.39 is 17.7 Å². The van der Waals surface area contributed by atoms with E-state index in [9.17, 15) is 22.4 Å². The number of nitrogens with one attached hydrogen (secondary N) is 1. The minimum absolute atomic E-state index is 0.0125. The van der Waals surface area contributed by atoms with Crippen molar-refractivity contribution in [2.24, 2.45) is 0 Å². The molecule has 1 aliphatic carbocycles. The number of pyridine rings is 1. The van der Waals surface area contributed by atoms with Crippen molar-refractivity contribution in [3.05, 3.63) is 65.6 Å². The fourth-order valence-corrected chi connectivity index (χ4v) is 4.47. The first-order chi connectivity index (χ1) is 16.2. The molecule has 0 radical (unpaired) electrons. The van der Waals surface area contributed by atoms with E-state index in [1.807, 2.05) is 4.90 Å². The summed E-state index contributed by atoms with van der Waals surface area (Å²) in [5.74, 6) is -0.908. The summed E-state index contributed by atoms with van der Waals surface area (Å²) in [6, 6.07) is 11.9. The average molecular weight is 475 g/mol. The Balaban J connectivity index is 1.45. The third-order valence-electron chi connectivity index (χ3n) is 6.36. The Hall–Kier alpha value is -3.36. The fraction of sp³-hybridized carbons (Fsp3) is 0.360. The number of alkyl halides is 3. The van der Waals surface area contributed by atoms with Crippen LogP contribution in [-0.4, -0.2) is 37.1 Å². The molecular formula is C25H25F4N3O2. The Kier molecular flexibility index (Phi) is 6.63. The number of hydrogen-bond donors (Lipinski definition) is 1. The Morgan fingerprint density at radius 3 is 2.44 bits per heavy atom. The van der Waals surface area contributed by atoms with Crippen molar-refractivity contribution in [2.75, 3.05) is 19.1 Å². The van der Waals surface area contributed by atoms with E-state index in [4.69, 9.17) is 4.74 Å². The van der Waals surface area contributed by atoms with Crippen molar-refractivity contribution in [1.82, 2.24) is 10.3 Å². The second kappa shape index (κ2) is 9.48. The predicted octanol–water partition coefficient (Wildman–Crippen LogP) is 5.58. The zero-order valence-corrected chi connectivity index (χ0v) is 18.8. The Bertz CT molecular complexity index is 1190. The lowest BCUT2D eigenvalue weighted by atomic mass is 9.89. The Morgan fingerprint density at radius 1 is 1.09 bits per heavy atom. The molecule has 9 heteroatoms. The number of amides is 1. The normalized spacial score (nSPS) is 18.5. The van der Waals surface area contributed by atoms with E-state index in [0.717, 1.165) is 12.1 Å². The van der Waals surface area contributed by atoms with Crippen LogP contribution in [0.15, 0.2) is 48.5 Å². The number of carbonyl (C=O) groups is 1. The van der Waals surface area contributed by atoms with Gasteiger partial charge in [0.25, 0.3) is 5.91 Å². The smallest absolute Gasteiger partial charge is 0.433 e. The summed E-state index contributed by atoms with van der Waals surface area (Å²) < 4.78 is 59.1. The zero-order chi connectivity index (χ0) is 24.5. The minimum atomic E-state index is -4.54. The number of anilines is 1. The lowest BCUT2D eigenvalue weighted by Crippen LogP contribution is -2.43. The highest BCUT2D eigenvalue weighted by atomic mass is 19.4. The molecule has 5 nitrogen and oxygen atoms in total. The van der Waals surface area contributed by atoms with Gasteiger partial charge in [0.15, 0.2) is 11.6 Å². The van der Waals surface area contributed by atoms with Crippen molar-refractivity contribution in [3.8, 4) is 5.75 Å². The number of carbonyl (C=O) groups excluding carboxylic acids is 1. The van der Waals surface area contributed by atoms with Crippen molar-refractivity contribution in [1.29, 1.82) is 0 Å². The van der Waals surface area contributed by atoms with E-state index in [-0.39, 0.29) is 29.3 Å². The number of fused-ring (bicyclic) bond motifs is 1. The van der Waals surface area contributed by atoms with Crippen molar-refractivity contribution >= 4 is 22.5 Å². The van der Waals surface area contributed by atoms with Crippen LogP contribution in [-0.2, 0) is 6.18 Å². The van der Waals surface area contributed by atoms with E-state index in [0.29, 0.717) is 42.3 Å². The summed E-state index contributed by atoms with van der Waals surface area (Å²) in [5, 5.41) is 3.60. The molecule has 1 aliphatic rings. The number of nitrogens with zero attached hydrogens (tertiary/aromatic N) is 2. The van der Waals surface area contributed by atoms with Crippen LogP contribution in [0.1, 0.15) is 41.7 Å². The molecule has 1 fully saturated rings. The van der Waals surface area contributed by atoms with Gasteiger partial charge in [0.2, 0.25) is 0 Å². The van der Waals surface area contributed by atoms with E-state index in [1.165, 1.54) is 19.2 Å². The molecule has 1 heterocycles. The van der Waals surface area contributed by atoms with Gasteiger partial charge in [-0.15, -0.1) is 0 Å². The molecule has 0 bridgehead atoms. The monoisotopic (exact) mass is 475 g/mol. The fourth-order valence-electron chi connectivity index (χ4n) is 4.47. The number of ether oxygens (including phenoxy) is 1. The molecule has 3 aromatic rings.